The van der Waals surface area contributed by atoms with Gasteiger partial charge in [-0.15, -0.1) is 0 Å². The summed E-state index contributed by atoms with van der Waals surface area (Å²) in [6, 6.07) is 20.1. The summed E-state index contributed by atoms with van der Waals surface area (Å²) in [7, 11) is 0. The standard InChI is InChI=1S/C28H22F3N5O2/c1-27(2)25(37)36(22-12-9-19(16-33)23(15-22)28(29,30)31)26(38)35(27)17-20-5-3-4-6-24(20)34-21-10-7-18(8-11-21)13-14-32/h3-12,15,34H,13,17H2,1-2H3. The summed E-state index contributed by atoms with van der Waals surface area (Å²) in [5.74, 6) is -0.682. The Morgan fingerprint density at radius 3 is 2.29 bits per heavy atom. The van der Waals surface area contributed by atoms with Gasteiger partial charge in [0.15, 0.2) is 0 Å². The molecular formula is C28H22F3N5O2. The molecule has 1 aliphatic rings. The molecule has 38 heavy (non-hydrogen) atoms. The van der Waals surface area contributed by atoms with Crippen molar-refractivity contribution in [3.63, 3.8) is 0 Å². The molecule has 1 saturated heterocycles. The zero-order chi connectivity index (χ0) is 27.7. The Hall–Kier alpha value is -4.83. The van der Waals surface area contributed by atoms with Crippen molar-refractivity contribution in [3.8, 4) is 12.1 Å². The van der Waals surface area contributed by atoms with Gasteiger partial charge in [-0.25, -0.2) is 9.69 Å². The van der Waals surface area contributed by atoms with Crippen molar-refractivity contribution in [1.82, 2.24) is 4.90 Å². The van der Waals surface area contributed by atoms with Crippen LogP contribution < -0.4 is 10.2 Å². The Morgan fingerprint density at radius 1 is 0.974 bits per heavy atom. The van der Waals surface area contributed by atoms with E-state index in [9.17, 15) is 22.8 Å². The maximum absolute atomic E-state index is 13.5. The number of nitriles is 2. The van der Waals surface area contributed by atoms with E-state index in [1.165, 1.54) is 24.8 Å². The predicted octanol–water partition coefficient (Wildman–Crippen LogP) is 6.13. The Balaban J connectivity index is 1.64. The van der Waals surface area contributed by atoms with Crippen LogP contribution in [0.25, 0.3) is 0 Å². The number of carbonyl (C=O) groups excluding carboxylic acids is 2. The summed E-state index contributed by atoms with van der Waals surface area (Å²) < 4.78 is 40.6. The van der Waals surface area contributed by atoms with Crippen LogP contribution >= 0.6 is 0 Å². The molecule has 3 aromatic carbocycles. The van der Waals surface area contributed by atoms with Crippen LogP contribution in [0.2, 0.25) is 0 Å². The molecule has 7 nitrogen and oxygen atoms in total. The van der Waals surface area contributed by atoms with Gasteiger partial charge in [-0.1, -0.05) is 30.3 Å². The fourth-order valence-corrected chi connectivity index (χ4v) is 4.24. The average molecular weight is 518 g/mol. The number of anilines is 3. The summed E-state index contributed by atoms with van der Waals surface area (Å²) in [6.07, 6.45) is -4.54. The minimum Gasteiger partial charge on any atom is -0.355 e. The monoisotopic (exact) mass is 517 g/mol. The number of benzene rings is 3. The van der Waals surface area contributed by atoms with Crippen molar-refractivity contribution in [2.24, 2.45) is 0 Å². The molecule has 192 valence electrons. The lowest BCUT2D eigenvalue weighted by Crippen LogP contribution is -2.43. The van der Waals surface area contributed by atoms with Gasteiger partial charge in [0.05, 0.1) is 41.9 Å². The third-order valence-corrected chi connectivity index (χ3v) is 6.37. The van der Waals surface area contributed by atoms with Gasteiger partial charge < -0.3 is 10.2 Å². The highest BCUT2D eigenvalue weighted by molar-refractivity contribution is 6.23. The fourth-order valence-electron chi connectivity index (χ4n) is 4.24. The van der Waals surface area contributed by atoms with Crippen LogP contribution in [0.1, 0.15) is 36.1 Å². The number of rotatable bonds is 6. The normalized spacial score (nSPS) is 14.8. The van der Waals surface area contributed by atoms with Gasteiger partial charge in [0.2, 0.25) is 0 Å². The molecule has 4 rings (SSSR count). The predicted molar refractivity (Wildman–Crippen MR) is 134 cm³/mol. The zero-order valence-electron chi connectivity index (χ0n) is 20.5. The van der Waals surface area contributed by atoms with E-state index >= 15 is 0 Å². The molecule has 0 radical (unpaired) electrons. The lowest BCUT2D eigenvalue weighted by atomic mass is 10.0. The van der Waals surface area contributed by atoms with Crippen molar-refractivity contribution >= 4 is 29.0 Å². The van der Waals surface area contributed by atoms with Gasteiger partial charge in [-0.3, -0.25) is 4.79 Å². The van der Waals surface area contributed by atoms with Crippen molar-refractivity contribution in [2.75, 3.05) is 10.2 Å². The smallest absolute Gasteiger partial charge is 0.355 e. The average Bonchev–Trinajstić information content (AvgIpc) is 3.04. The van der Waals surface area contributed by atoms with Crippen molar-refractivity contribution in [2.45, 2.75) is 38.5 Å². The van der Waals surface area contributed by atoms with Crippen LogP contribution in [0.5, 0.6) is 0 Å². The largest absolute Gasteiger partial charge is 0.417 e. The van der Waals surface area contributed by atoms with E-state index in [0.717, 1.165) is 28.3 Å². The minimum atomic E-state index is -4.83. The molecule has 0 aliphatic carbocycles. The van der Waals surface area contributed by atoms with E-state index in [1.54, 1.807) is 18.2 Å². The van der Waals surface area contributed by atoms with E-state index in [4.69, 9.17) is 10.5 Å². The van der Waals surface area contributed by atoms with Crippen LogP contribution in [-0.2, 0) is 23.9 Å². The number of para-hydroxylation sites is 1. The number of nitrogens with zero attached hydrogens (tertiary/aromatic N) is 4. The van der Waals surface area contributed by atoms with E-state index < -0.39 is 34.8 Å². The van der Waals surface area contributed by atoms with Crippen LogP contribution in [0.3, 0.4) is 0 Å². The number of nitrogens with one attached hydrogen (secondary N) is 1. The maximum Gasteiger partial charge on any atom is 0.417 e. The first-order chi connectivity index (χ1) is 18.0. The second-order valence-corrected chi connectivity index (χ2v) is 9.22. The number of urea groups is 1. The van der Waals surface area contributed by atoms with E-state index in [-0.39, 0.29) is 18.7 Å². The lowest BCUT2D eigenvalue weighted by Gasteiger charge is -2.28. The maximum atomic E-state index is 13.5. The Morgan fingerprint density at radius 2 is 1.66 bits per heavy atom. The molecular weight excluding hydrogens is 495 g/mol. The lowest BCUT2D eigenvalue weighted by molar-refractivity contribution is -0.137. The summed E-state index contributed by atoms with van der Waals surface area (Å²) in [4.78, 5) is 28.8. The van der Waals surface area contributed by atoms with Crippen molar-refractivity contribution in [3.05, 3.63) is 89.0 Å². The number of imide groups is 1. The molecule has 1 N–H and O–H groups in total. The summed E-state index contributed by atoms with van der Waals surface area (Å²) in [5, 5.41) is 21.2. The SMILES string of the molecule is CC1(C)C(=O)N(c2ccc(C#N)c(C(F)(F)F)c2)C(=O)N1Cc1ccccc1Nc1ccc(CC#N)cc1. The number of alkyl halides is 3. The van der Waals surface area contributed by atoms with Gasteiger partial charge in [0.25, 0.3) is 5.91 Å². The molecule has 0 saturated carbocycles. The van der Waals surface area contributed by atoms with E-state index in [1.807, 2.05) is 30.3 Å². The topological polar surface area (TPSA) is 100 Å². The number of carbonyl (C=O) groups is 2. The highest BCUT2D eigenvalue weighted by atomic mass is 19.4. The van der Waals surface area contributed by atoms with E-state index in [2.05, 4.69) is 11.4 Å². The van der Waals surface area contributed by atoms with Crippen LogP contribution in [0, 0.1) is 22.7 Å². The highest BCUT2D eigenvalue weighted by Crippen LogP contribution is 2.38. The Bertz CT molecular complexity index is 1480. The van der Waals surface area contributed by atoms with Crippen molar-refractivity contribution < 1.29 is 22.8 Å². The first kappa shape index (κ1) is 26.2. The van der Waals surface area contributed by atoms with Crippen LogP contribution in [-0.4, -0.2) is 22.4 Å². The molecule has 0 atom stereocenters. The quantitative estimate of drug-likeness (QED) is 0.396. The highest BCUT2D eigenvalue weighted by Gasteiger charge is 2.52. The number of hydrogen-bond acceptors (Lipinski definition) is 5. The molecule has 0 spiro atoms. The van der Waals surface area contributed by atoms with Crippen molar-refractivity contribution in [1.29, 1.82) is 10.5 Å². The third-order valence-electron chi connectivity index (χ3n) is 6.37. The molecule has 1 fully saturated rings. The molecule has 3 aromatic rings. The van der Waals surface area contributed by atoms with Gasteiger partial charge in [-0.2, -0.15) is 23.7 Å². The van der Waals surface area contributed by atoms with Gasteiger partial charge >= 0.3 is 12.2 Å². The molecule has 10 heteroatoms. The molecule has 3 amide bonds. The second-order valence-electron chi connectivity index (χ2n) is 9.22. The molecule has 0 unspecified atom stereocenters. The van der Waals surface area contributed by atoms with Gasteiger partial charge in [0.1, 0.15) is 5.54 Å². The third kappa shape index (κ3) is 4.89. The van der Waals surface area contributed by atoms with Gasteiger partial charge in [0, 0.05) is 11.4 Å². The first-order valence-electron chi connectivity index (χ1n) is 11.6. The number of hydrogen-bond donors (Lipinski definition) is 1. The Kier molecular flexibility index (Phi) is 6.84. The minimum absolute atomic E-state index is 0.00612. The molecule has 0 bridgehead atoms. The van der Waals surface area contributed by atoms with E-state index in [0.29, 0.717) is 17.3 Å². The molecule has 1 aliphatic heterocycles. The zero-order valence-corrected chi connectivity index (χ0v) is 20.5. The summed E-state index contributed by atoms with van der Waals surface area (Å²) in [6.45, 7) is 3.07. The summed E-state index contributed by atoms with van der Waals surface area (Å²) >= 11 is 0. The van der Waals surface area contributed by atoms with Crippen LogP contribution in [0.15, 0.2) is 66.7 Å². The molecule has 0 aromatic heterocycles. The summed E-state index contributed by atoms with van der Waals surface area (Å²) in [5.41, 5.74) is -0.456. The van der Waals surface area contributed by atoms with Gasteiger partial charge in [-0.05, 0) is 61.4 Å². The second kappa shape index (κ2) is 9.91. The van der Waals surface area contributed by atoms with Crippen LogP contribution in [0.4, 0.5) is 35.0 Å². The number of halogens is 3. The Labute approximate surface area is 217 Å². The molecule has 1 heterocycles. The first-order valence-corrected chi connectivity index (χ1v) is 11.6. The number of amides is 3. The fraction of sp³-hybridized carbons (Fsp3) is 0.214.